The quantitative estimate of drug-likeness (QED) is 0.811. The maximum Gasteiger partial charge on any atom is 0.338 e. The number of nitrogens with zero attached hydrogens (tertiary/aromatic N) is 2. The average Bonchev–Trinajstić information content (AvgIpc) is 2.81. The first kappa shape index (κ1) is 17.5. The second-order valence-corrected chi connectivity index (χ2v) is 6.46. The summed E-state index contributed by atoms with van der Waals surface area (Å²) in [5.74, 6) is -0.685. The van der Waals surface area contributed by atoms with Crippen LogP contribution in [0.3, 0.4) is 0 Å². The van der Waals surface area contributed by atoms with Crippen molar-refractivity contribution in [2.24, 2.45) is 5.92 Å². The van der Waals surface area contributed by atoms with Crippen molar-refractivity contribution < 1.29 is 14.7 Å². The van der Waals surface area contributed by atoms with Crippen molar-refractivity contribution in [3.05, 3.63) is 17.0 Å². The fraction of sp³-hybridized carbons (Fsp3) is 0.571. The van der Waals surface area contributed by atoms with Crippen molar-refractivity contribution >= 4 is 28.3 Å². The molecule has 0 aliphatic heterocycles. The molecule has 21 heavy (non-hydrogen) atoms. The second kappa shape index (κ2) is 7.99. The van der Waals surface area contributed by atoms with Crippen LogP contribution < -0.4 is 5.32 Å². The number of hydrogen-bond donors (Lipinski definition) is 2. The van der Waals surface area contributed by atoms with Crippen molar-refractivity contribution in [1.82, 2.24) is 9.80 Å². The Morgan fingerprint density at radius 3 is 2.52 bits per heavy atom. The molecule has 0 saturated carbocycles. The maximum atomic E-state index is 12.3. The van der Waals surface area contributed by atoms with Gasteiger partial charge in [0.1, 0.15) is 5.00 Å². The molecule has 0 aliphatic rings. The smallest absolute Gasteiger partial charge is 0.338 e. The number of anilines is 1. The number of amides is 2. The van der Waals surface area contributed by atoms with E-state index in [1.54, 1.807) is 10.3 Å². The molecule has 0 atom stereocenters. The lowest BCUT2D eigenvalue weighted by molar-refractivity contribution is 0.0698. The largest absolute Gasteiger partial charge is 0.478 e. The number of urea groups is 1. The lowest BCUT2D eigenvalue weighted by Crippen LogP contribution is -2.41. The minimum Gasteiger partial charge on any atom is -0.478 e. The van der Waals surface area contributed by atoms with Gasteiger partial charge in [-0.15, -0.1) is 11.3 Å². The topological polar surface area (TPSA) is 72.9 Å². The maximum absolute atomic E-state index is 12.3. The Morgan fingerprint density at radius 2 is 2.00 bits per heavy atom. The van der Waals surface area contributed by atoms with Gasteiger partial charge in [0.15, 0.2) is 0 Å². The minimum atomic E-state index is -1.03. The fourth-order valence-corrected chi connectivity index (χ4v) is 2.56. The Bertz CT molecular complexity index is 486. The molecule has 0 bridgehead atoms. The highest BCUT2D eigenvalue weighted by Gasteiger charge is 2.19. The zero-order chi connectivity index (χ0) is 16.0. The van der Waals surface area contributed by atoms with Crippen LogP contribution in [0.25, 0.3) is 0 Å². The van der Waals surface area contributed by atoms with Crippen LogP contribution in [0.2, 0.25) is 0 Å². The Labute approximate surface area is 129 Å². The average molecular weight is 313 g/mol. The van der Waals surface area contributed by atoms with Gasteiger partial charge in [0.05, 0.1) is 5.56 Å². The van der Waals surface area contributed by atoms with Crippen LogP contribution in [0.5, 0.6) is 0 Å². The molecule has 1 rings (SSSR count). The van der Waals surface area contributed by atoms with E-state index in [0.29, 0.717) is 24.0 Å². The number of carbonyl (C=O) groups is 2. The van der Waals surface area contributed by atoms with Crippen molar-refractivity contribution in [3.8, 4) is 0 Å². The third-order valence-electron chi connectivity index (χ3n) is 2.81. The number of likely N-dealkylation sites (N-methyl/N-ethyl adjacent to an activating group) is 1. The van der Waals surface area contributed by atoms with Crippen LogP contribution in [0.15, 0.2) is 11.4 Å². The van der Waals surface area contributed by atoms with Crippen molar-refractivity contribution in [2.75, 3.05) is 39.0 Å². The van der Waals surface area contributed by atoms with Crippen LogP contribution in [-0.2, 0) is 0 Å². The first-order valence-corrected chi connectivity index (χ1v) is 7.70. The lowest BCUT2D eigenvalue weighted by Gasteiger charge is -2.26. The van der Waals surface area contributed by atoms with E-state index in [1.807, 2.05) is 32.8 Å². The van der Waals surface area contributed by atoms with E-state index in [9.17, 15) is 9.59 Å². The molecule has 2 N–H and O–H groups in total. The molecule has 1 heterocycles. The lowest BCUT2D eigenvalue weighted by atomic mass is 10.2. The number of thiophene rings is 1. The van der Waals surface area contributed by atoms with Gasteiger partial charge >= 0.3 is 12.0 Å². The van der Waals surface area contributed by atoms with Gasteiger partial charge in [-0.05, 0) is 31.5 Å². The molecule has 2 amide bonds. The number of rotatable bonds is 7. The second-order valence-electron chi connectivity index (χ2n) is 5.54. The van der Waals surface area contributed by atoms with Crippen LogP contribution in [0, 0.1) is 5.92 Å². The van der Waals surface area contributed by atoms with E-state index in [2.05, 4.69) is 5.32 Å². The Balaban J connectivity index is 2.75. The Morgan fingerprint density at radius 1 is 1.33 bits per heavy atom. The van der Waals surface area contributed by atoms with Gasteiger partial charge in [0.2, 0.25) is 0 Å². The van der Waals surface area contributed by atoms with E-state index >= 15 is 0 Å². The number of hydrogen-bond acceptors (Lipinski definition) is 4. The first-order chi connectivity index (χ1) is 9.81. The molecule has 0 saturated heterocycles. The molecule has 7 heteroatoms. The zero-order valence-corrected chi connectivity index (χ0v) is 13.7. The minimum absolute atomic E-state index is 0.130. The summed E-state index contributed by atoms with van der Waals surface area (Å²) in [5, 5.41) is 13.8. The summed E-state index contributed by atoms with van der Waals surface area (Å²) < 4.78 is 0. The molecule has 1 aromatic rings. The number of carboxylic acids is 1. The molecular weight excluding hydrogens is 290 g/mol. The van der Waals surface area contributed by atoms with E-state index < -0.39 is 5.97 Å². The summed E-state index contributed by atoms with van der Waals surface area (Å²) in [4.78, 5) is 27.1. The van der Waals surface area contributed by atoms with E-state index in [0.717, 1.165) is 6.54 Å². The van der Waals surface area contributed by atoms with E-state index in [4.69, 9.17) is 5.11 Å². The molecule has 1 aromatic heterocycles. The summed E-state index contributed by atoms with van der Waals surface area (Å²) in [6, 6.07) is 1.24. The molecule has 0 aliphatic carbocycles. The zero-order valence-electron chi connectivity index (χ0n) is 12.9. The van der Waals surface area contributed by atoms with E-state index in [1.165, 1.54) is 17.4 Å². The summed E-state index contributed by atoms with van der Waals surface area (Å²) in [6.07, 6.45) is 0. The van der Waals surface area contributed by atoms with Gasteiger partial charge in [-0.3, -0.25) is 5.32 Å². The molecule has 0 radical (unpaired) electrons. The third kappa shape index (κ3) is 5.73. The number of nitrogens with one attached hydrogen (secondary N) is 1. The van der Waals surface area contributed by atoms with Gasteiger partial charge in [0.25, 0.3) is 0 Å². The monoisotopic (exact) mass is 313 g/mol. The molecule has 0 unspecified atom stereocenters. The van der Waals surface area contributed by atoms with Gasteiger partial charge in [0, 0.05) is 19.6 Å². The molecular formula is C14H23N3O3S. The van der Waals surface area contributed by atoms with Crippen LogP contribution in [0.1, 0.15) is 24.2 Å². The molecule has 6 nitrogen and oxygen atoms in total. The van der Waals surface area contributed by atoms with Crippen molar-refractivity contribution in [2.45, 2.75) is 13.8 Å². The van der Waals surface area contributed by atoms with Crippen molar-refractivity contribution in [1.29, 1.82) is 0 Å². The van der Waals surface area contributed by atoms with E-state index in [-0.39, 0.29) is 11.6 Å². The summed E-state index contributed by atoms with van der Waals surface area (Å²) >= 11 is 1.22. The normalized spacial score (nSPS) is 11.0. The van der Waals surface area contributed by atoms with Crippen LogP contribution in [-0.4, -0.2) is 60.6 Å². The summed E-state index contributed by atoms with van der Waals surface area (Å²) in [7, 11) is 3.90. The van der Waals surface area contributed by atoms with Gasteiger partial charge < -0.3 is 14.9 Å². The van der Waals surface area contributed by atoms with Crippen LogP contribution in [0.4, 0.5) is 9.80 Å². The molecule has 0 spiro atoms. The van der Waals surface area contributed by atoms with Gasteiger partial charge in [-0.2, -0.15) is 0 Å². The highest BCUT2D eigenvalue weighted by atomic mass is 32.1. The van der Waals surface area contributed by atoms with Gasteiger partial charge in [-0.1, -0.05) is 13.8 Å². The highest BCUT2D eigenvalue weighted by Crippen LogP contribution is 2.23. The summed E-state index contributed by atoms with van der Waals surface area (Å²) in [6.45, 7) is 6.09. The summed E-state index contributed by atoms with van der Waals surface area (Å²) in [5.41, 5.74) is 0.130. The third-order valence-corrected chi connectivity index (χ3v) is 3.64. The molecule has 0 fully saturated rings. The van der Waals surface area contributed by atoms with Crippen molar-refractivity contribution in [3.63, 3.8) is 0 Å². The SMILES string of the molecule is CC(C)CN(CCN(C)C)C(=O)Nc1sccc1C(=O)O. The predicted molar refractivity (Wildman–Crippen MR) is 85.3 cm³/mol. The molecule has 0 aromatic carbocycles. The van der Waals surface area contributed by atoms with Crippen LogP contribution >= 0.6 is 11.3 Å². The fourth-order valence-electron chi connectivity index (χ4n) is 1.79. The number of aromatic carboxylic acids is 1. The standard InChI is InChI=1S/C14H23N3O3S/c1-10(2)9-17(7-6-16(3)4)14(20)15-12-11(13(18)19)5-8-21-12/h5,8,10H,6-7,9H2,1-4H3,(H,15,20)(H,18,19). The highest BCUT2D eigenvalue weighted by molar-refractivity contribution is 7.14. The molecule has 118 valence electrons. The first-order valence-electron chi connectivity index (χ1n) is 6.82. The van der Waals surface area contributed by atoms with Gasteiger partial charge in [-0.25, -0.2) is 9.59 Å². The predicted octanol–water partition coefficient (Wildman–Crippen LogP) is 2.50. The Hall–Kier alpha value is -1.60. The number of carboxylic acid groups (broad SMARTS) is 1. The number of carbonyl (C=O) groups excluding carboxylic acids is 1. The Kier molecular flexibility index (Phi) is 6.64.